The number of hydrogen-bond donors (Lipinski definition) is 2. The molecule has 1 aliphatic rings. The van der Waals surface area contributed by atoms with E-state index in [1.165, 1.54) is 50.3 Å². The van der Waals surface area contributed by atoms with Crippen molar-refractivity contribution in [1.82, 2.24) is 5.32 Å². The van der Waals surface area contributed by atoms with Crippen molar-refractivity contribution in [3.05, 3.63) is 35.6 Å². The van der Waals surface area contributed by atoms with Gasteiger partial charge in [-0.1, -0.05) is 44.2 Å². The summed E-state index contributed by atoms with van der Waals surface area (Å²) in [5.74, 6) is 0.152. The maximum Gasteiger partial charge on any atom is 0.222 e. The average molecular weight is 293 g/mol. The molecule has 4 heteroatoms. The van der Waals surface area contributed by atoms with Crippen LogP contribution in [-0.2, 0) is 4.79 Å². The minimum Gasteiger partial charge on any atom is -0.388 e. The van der Waals surface area contributed by atoms with E-state index in [9.17, 15) is 14.3 Å². The molecule has 1 atom stereocenters. The first-order valence-corrected chi connectivity index (χ1v) is 7.85. The summed E-state index contributed by atoms with van der Waals surface area (Å²) in [6, 6.07) is 5.75. The first-order valence-electron chi connectivity index (χ1n) is 7.85. The molecule has 2 rings (SSSR count). The number of carbonyl (C=O) groups is 1. The molecule has 0 radical (unpaired) electrons. The SMILES string of the molecule is O=C(CC(O)c1cccc(F)c1)NCCC1CCCCC1. The van der Waals surface area contributed by atoms with E-state index in [-0.39, 0.29) is 12.3 Å². The van der Waals surface area contributed by atoms with Gasteiger partial charge >= 0.3 is 0 Å². The lowest BCUT2D eigenvalue weighted by atomic mass is 9.87. The van der Waals surface area contributed by atoms with Crippen LogP contribution in [0.5, 0.6) is 0 Å². The summed E-state index contributed by atoms with van der Waals surface area (Å²) in [6.07, 6.45) is 6.52. The van der Waals surface area contributed by atoms with Gasteiger partial charge in [-0.05, 0) is 30.0 Å². The van der Waals surface area contributed by atoms with E-state index in [2.05, 4.69) is 5.32 Å². The zero-order valence-electron chi connectivity index (χ0n) is 12.4. The highest BCUT2D eigenvalue weighted by Gasteiger charge is 2.15. The Morgan fingerprint density at radius 3 is 2.81 bits per heavy atom. The van der Waals surface area contributed by atoms with E-state index in [0.29, 0.717) is 12.1 Å². The molecule has 3 nitrogen and oxygen atoms in total. The molecule has 1 saturated carbocycles. The number of halogens is 1. The first kappa shape index (κ1) is 16.0. The van der Waals surface area contributed by atoms with Crippen LogP contribution in [0.2, 0.25) is 0 Å². The van der Waals surface area contributed by atoms with Gasteiger partial charge in [0.25, 0.3) is 0 Å². The van der Waals surface area contributed by atoms with E-state index in [1.807, 2.05) is 0 Å². The Bertz CT molecular complexity index is 458. The van der Waals surface area contributed by atoms with Crippen molar-refractivity contribution in [1.29, 1.82) is 0 Å². The van der Waals surface area contributed by atoms with Crippen LogP contribution in [-0.4, -0.2) is 17.6 Å². The fourth-order valence-electron chi connectivity index (χ4n) is 2.97. The van der Waals surface area contributed by atoms with Gasteiger partial charge in [-0.15, -0.1) is 0 Å². The Morgan fingerprint density at radius 1 is 1.33 bits per heavy atom. The largest absolute Gasteiger partial charge is 0.388 e. The van der Waals surface area contributed by atoms with Crippen molar-refractivity contribution in [3.8, 4) is 0 Å². The summed E-state index contributed by atoms with van der Waals surface area (Å²) < 4.78 is 13.1. The molecule has 1 aromatic rings. The zero-order valence-corrected chi connectivity index (χ0v) is 12.4. The molecule has 1 unspecified atom stereocenters. The quantitative estimate of drug-likeness (QED) is 0.845. The van der Waals surface area contributed by atoms with Gasteiger partial charge < -0.3 is 10.4 Å². The predicted molar refractivity (Wildman–Crippen MR) is 80.2 cm³/mol. The number of rotatable bonds is 6. The number of aliphatic hydroxyl groups excluding tert-OH is 1. The molecule has 0 spiro atoms. The van der Waals surface area contributed by atoms with Gasteiger partial charge in [-0.3, -0.25) is 4.79 Å². The number of aliphatic hydroxyl groups is 1. The molecule has 1 amide bonds. The number of nitrogens with one attached hydrogen (secondary N) is 1. The topological polar surface area (TPSA) is 49.3 Å². The molecule has 116 valence electrons. The number of benzene rings is 1. The summed E-state index contributed by atoms with van der Waals surface area (Å²) >= 11 is 0. The highest BCUT2D eigenvalue weighted by atomic mass is 19.1. The Balaban J connectivity index is 1.69. The molecular formula is C17H24FNO2. The lowest BCUT2D eigenvalue weighted by molar-refractivity contribution is -0.123. The Morgan fingerprint density at radius 2 is 2.10 bits per heavy atom. The second-order valence-electron chi connectivity index (χ2n) is 5.92. The Kier molecular flexibility index (Phi) is 6.18. The molecule has 21 heavy (non-hydrogen) atoms. The highest BCUT2D eigenvalue weighted by Crippen LogP contribution is 2.25. The van der Waals surface area contributed by atoms with Crippen LogP contribution in [0.4, 0.5) is 4.39 Å². The van der Waals surface area contributed by atoms with Gasteiger partial charge in [-0.25, -0.2) is 4.39 Å². The fraction of sp³-hybridized carbons (Fsp3) is 0.588. The lowest BCUT2D eigenvalue weighted by Crippen LogP contribution is -2.27. The van der Waals surface area contributed by atoms with Gasteiger partial charge in [0.05, 0.1) is 12.5 Å². The van der Waals surface area contributed by atoms with Crippen LogP contribution in [0.15, 0.2) is 24.3 Å². The molecule has 0 saturated heterocycles. The third kappa shape index (κ3) is 5.46. The molecular weight excluding hydrogens is 269 g/mol. The van der Waals surface area contributed by atoms with Crippen LogP contribution in [0, 0.1) is 11.7 Å². The average Bonchev–Trinajstić information content (AvgIpc) is 2.48. The van der Waals surface area contributed by atoms with Crippen molar-refractivity contribution in [2.75, 3.05) is 6.54 Å². The van der Waals surface area contributed by atoms with Gasteiger partial charge in [0.1, 0.15) is 5.82 Å². The van der Waals surface area contributed by atoms with Crippen molar-refractivity contribution in [3.63, 3.8) is 0 Å². The second kappa shape index (κ2) is 8.13. The van der Waals surface area contributed by atoms with E-state index >= 15 is 0 Å². The van der Waals surface area contributed by atoms with Crippen molar-refractivity contribution in [2.24, 2.45) is 5.92 Å². The van der Waals surface area contributed by atoms with Crippen LogP contribution in [0.1, 0.15) is 56.6 Å². The molecule has 1 aliphatic carbocycles. The summed E-state index contributed by atoms with van der Waals surface area (Å²) in [5, 5.41) is 12.8. The first-order chi connectivity index (χ1) is 10.1. The van der Waals surface area contributed by atoms with E-state index in [0.717, 1.165) is 12.3 Å². The monoisotopic (exact) mass is 293 g/mol. The molecule has 0 aliphatic heterocycles. The molecule has 0 bridgehead atoms. The minimum atomic E-state index is -0.949. The van der Waals surface area contributed by atoms with Crippen molar-refractivity contribution >= 4 is 5.91 Å². The predicted octanol–water partition coefficient (Wildman–Crippen LogP) is 3.34. The lowest BCUT2D eigenvalue weighted by Gasteiger charge is -2.21. The number of carbonyl (C=O) groups excluding carboxylic acids is 1. The van der Waals surface area contributed by atoms with E-state index < -0.39 is 11.9 Å². The molecule has 2 N–H and O–H groups in total. The normalized spacial score (nSPS) is 17.4. The highest BCUT2D eigenvalue weighted by molar-refractivity contribution is 5.76. The smallest absolute Gasteiger partial charge is 0.222 e. The standard InChI is InChI=1S/C17H24FNO2/c18-15-8-4-7-14(11-15)16(20)12-17(21)19-10-9-13-5-2-1-3-6-13/h4,7-8,11,13,16,20H,1-3,5-6,9-10,12H2,(H,19,21). The Hall–Kier alpha value is -1.42. The van der Waals surface area contributed by atoms with Crippen molar-refractivity contribution in [2.45, 2.75) is 51.0 Å². The Labute approximate surface area is 125 Å². The van der Waals surface area contributed by atoms with E-state index in [4.69, 9.17) is 0 Å². The zero-order chi connectivity index (χ0) is 15.1. The van der Waals surface area contributed by atoms with Gasteiger partial charge in [0.2, 0.25) is 5.91 Å². The minimum absolute atomic E-state index is 0.0197. The fourth-order valence-corrected chi connectivity index (χ4v) is 2.97. The molecule has 1 aromatic carbocycles. The van der Waals surface area contributed by atoms with Crippen LogP contribution >= 0.6 is 0 Å². The second-order valence-corrected chi connectivity index (χ2v) is 5.92. The molecule has 0 aromatic heterocycles. The summed E-state index contributed by atoms with van der Waals surface area (Å²) in [4.78, 5) is 11.8. The summed E-state index contributed by atoms with van der Waals surface area (Å²) in [7, 11) is 0. The maximum absolute atomic E-state index is 13.1. The van der Waals surface area contributed by atoms with Gasteiger partial charge in [-0.2, -0.15) is 0 Å². The van der Waals surface area contributed by atoms with Crippen LogP contribution < -0.4 is 5.32 Å². The molecule has 1 fully saturated rings. The number of hydrogen-bond acceptors (Lipinski definition) is 2. The third-order valence-electron chi connectivity index (χ3n) is 4.21. The van der Waals surface area contributed by atoms with Gasteiger partial charge in [0, 0.05) is 6.54 Å². The van der Waals surface area contributed by atoms with Gasteiger partial charge in [0.15, 0.2) is 0 Å². The number of amides is 1. The molecule has 0 heterocycles. The summed E-state index contributed by atoms with van der Waals surface area (Å²) in [6.45, 7) is 0.666. The van der Waals surface area contributed by atoms with Crippen LogP contribution in [0.25, 0.3) is 0 Å². The van der Waals surface area contributed by atoms with Crippen LogP contribution in [0.3, 0.4) is 0 Å². The van der Waals surface area contributed by atoms with E-state index in [1.54, 1.807) is 6.07 Å². The third-order valence-corrected chi connectivity index (χ3v) is 4.21. The maximum atomic E-state index is 13.1. The van der Waals surface area contributed by atoms with Crippen molar-refractivity contribution < 1.29 is 14.3 Å². The summed E-state index contributed by atoms with van der Waals surface area (Å²) in [5.41, 5.74) is 0.442.